The van der Waals surface area contributed by atoms with Crippen LogP contribution in [-0.2, 0) is 4.79 Å². The quantitative estimate of drug-likeness (QED) is 0.471. The molecule has 4 rings (SSSR count). The number of carbonyl (C=O) groups excluding carboxylic acids is 1. The summed E-state index contributed by atoms with van der Waals surface area (Å²) in [6, 6.07) is 0. The first-order valence-corrected chi connectivity index (χ1v) is 10.8. The van der Waals surface area contributed by atoms with E-state index in [0.717, 1.165) is 24.2 Å². The van der Waals surface area contributed by atoms with E-state index in [2.05, 4.69) is 43.6 Å². The van der Waals surface area contributed by atoms with E-state index in [9.17, 15) is 4.79 Å². The topological polar surface area (TPSA) is 17.1 Å². The summed E-state index contributed by atoms with van der Waals surface area (Å²) in [6.45, 7) is 9.74. The SMILES string of the molecule is CC12CCCC1C1CCC3C(C)(C)C(Br)C(=O)CC3(C)C1CC2. The Morgan fingerprint density at radius 1 is 0.957 bits per heavy atom. The van der Waals surface area contributed by atoms with Crippen molar-refractivity contribution in [3.8, 4) is 0 Å². The molecule has 23 heavy (non-hydrogen) atoms. The van der Waals surface area contributed by atoms with Gasteiger partial charge in [-0.05, 0) is 78.4 Å². The summed E-state index contributed by atoms with van der Waals surface area (Å²) in [5.74, 6) is 3.80. The van der Waals surface area contributed by atoms with Gasteiger partial charge >= 0.3 is 0 Å². The molecule has 0 bridgehead atoms. The van der Waals surface area contributed by atoms with Gasteiger partial charge in [-0.15, -0.1) is 0 Å². The van der Waals surface area contributed by atoms with E-state index in [1.807, 2.05) is 0 Å². The average Bonchev–Trinajstić information content (AvgIpc) is 2.86. The predicted molar refractivity (Wildman–Crippen MR) is 98.6 cm³/mol. The van der Waals surface area contributed by atoms with Crippen LogP contribution in [0, 0.1) is 39.9 Å². The highest BCUT2D eigenvalue weighted by atomic mass is 79.9. The second kappa shape index (κ2) is 5.08. The van der Waals surface area contributed by atoms with Crippen molar-refractivity contribution in [2.24, 2.45) is 39.9 Å². The third-order valence-corrected chi connectivity index (χ3v) is 10.7. The maximum atomic E-state index is 12.8. The van der Waals surface area contributed by atoms with Crippen molar-refractivity contribution in [2.75, 3.05) is 0 Å². The molecule has 4 aliphatic rings. The van der Waals surface area contributed by atoms with Crippen LogP contribution in [0.1, 0.15) is 79.1 Å². The molecule has 7 atom stereocenters. The van der Waals surface area contributed by atoms with Gasteiger partial charge in [-0.3, -0.25) is 4.79 Å². The minimum Gasteiger partial charge on any atom is -0.298 e. The fourth-order valence-electron chi connectivity index (χ4n) is 7.98. The zero-order chi connectivity index (χ0) is 16.6. The predicted octanol–water partition coefficient (Wildman–Crippen LogP) is 6.00. The van der Waals surface area contributed by atoms with E-state index in [1.54, 1.807) is 0 Å². The Kier molecular flexibility index (Phi) is 3.67. The van der Waals surface area contributed by atoms with Crippen molar-refractivity contribution >= 4 is 21.7 Å². The van der Waals surface area contributed by atoms with E-state index in [1.165, 1.54) is 44.9 Å². The molecule has 0 radical (unpaired) electrons. The zero-order valence-electron chi connectivity index (χ0n) is 15.3. The largest absolute Gasteiger partial charge is 0.298 e. The maximum Gasteiger partial charge on any atom is 0.147 e. The van der Waals surface area contributed by atoms with Gasteiger partial charge < -0.3 is 0 Å². The first-order valence-electron chi connectivity index (χ1n) is 9.87. The summed E-state index contributed by atoms with van der Waals surface area (Å²) in [6.07, 6.45) is 10.7. The highest BCUT2D eigenvalue weighted by Crippen LogP contribution is 2.68. The molecule has 0 aromatic heterocycles. The van der Waals surface area contributed by atoms with Crippen LogP contribution in [0.2, 0.25) is 0 Å². The standard InChI is InChI=1S/C21H33BrO/c1-19(2)17-8-7-13-14-6-5-10-20(14,3)11-9-15(13)21(17,4)12-16(23)18(19)22/h13-15,17-18H,5-12H2,1-4H3. The molecule has 4 fully saturated rings. The first-order chi connectivity index (χ1) is 10.7. The molecule has 0 saturated heterocycles. The number of ketones is 1. The van der Waals surface area contributed by atoms with Crippen LogP contribution in [-0.4, -0.2) is 10.6 Å². The highest BCUT2D eigenvalue weighted by Gasteiger charge is 2.63. The summed E-state index contributed by atoms with van der Waals surface area (Å²) in [5, 5.41) is 0. The second-order valence-electron chi connectivity index (χ2n) is 10.4. The number of hydrogen-bond acceptors (Lipinski definition) is 1. The fourth-order valence-corrected chi connectivity index (χ4v) is 8.46. The lowest BCUT2D eigenvalue weighted by Gasteiger charge is -2.63. The van der Waals surface area contributed by atoms with Crippen molar-refractivity contribution in [1.82, 2.24) is 0 Å². The van der Waals surface area contributed by atoms with Gasteiger partial charge in [-0.1, -0.05) is 50.0 Å². The van der Waals surface area contributed by atoms with Gasteiger partial charge in [0, 0.05) is 6.42 Å². The second-order valence-corrected chi connectivity index (χ2v) is 11.3. The van der Waals surface area contributed by atoms with E-state index < -0.39 is 0 Å². The molecule has 130 valence electrons. The molecule has 4 saturated carbocycles. The Morgan fingerprint density at radius 2 is 1.70 bits per heavy atom. The van der Waals surface area contributed by atoms with Crippen molar-refractivity contribution in [2.45, 2.75) is 83.9 Å². The summed E-state index contributed by atoms with van der Waals surface area (Å²) >= 11 is 3.75. The van der Waals surface area contributed by atoms with Crippen LogP contribution >= 0.6 is 15.9 Å². The zero-order valence-corrected chi connectivity index (χ0v) is 16.9. The molecule has 0 amide bonds. The molecule has 2 heteroatoms. The number of fused-ring (bicyclic) bond motifs is 5. The number of halogens is 1. The molecular formula is C21H33BrO. The lowest BCUT2D eigenvalue weighted by atomic mass is 9.41. The van der Waals surface area contributed by atoms with Gasteiger partial charge in [0.1, 0.15) is 5.78 Å². The Balaban J connectivity index is 1.70. The van der Waals surface area contributed by atoms with E-state index >= 15 is 0 Å². The van der Waals surface area contributed by atoms with Gasteiger partial charge in [0.25, 0.3) is 0 Å². The summed E-state index contributed by atoms with van der Waals surface area (Å²) < 4.78 is 0. The Hall–Kier alpha value is 0.150. The molecule has 0 aliphatic heterocycles. The molecule has 0 heterocycles. The molecule has 0 aromatic carbocycles. The monoisotopic (exact) mass is 380 g/mol. The van der Waals surface area contributed by atoms with Gasteiger partial charge in [-0.25, -0.2) is 0 Å². The van der Waals surface area contributed by atoms with Crippen LogP contribution in [0.3, 0.4) is 0 Å². The fraction of sp³-hybridized carbons (Fsp3) is 0.952. The van der Waals surface area contributed by atoms with Crippen LogP contribution < -0.4 is 0 Å². The summed E-state index contributed by atoms with van der Waals surface area (Å²) in [5.41, 5.74) is 0.972. The van der Waals surface area contributed by atoms with Crippen LogP contribution in [0.4, 0.5) is 0 Å². The van der Waals surface area contributed by atoms with E-state index in [0.29, 0.717) is 17.1 Å². The van der Waals surface area contributed by atoms with Crippen LogP contribution in [0.25, 0.3) is 0 Å². The van der Waals surface area contributed by atoms with E-state index in [-0.39, 0.29) is 15.7 Å². The molecule has 4 aliphatic carbocycles. The lowest BCUT2D eigenvalue weighted by Crippen LogP contribution is -2.60. The van der Waals surface area contributed by atoms with Gasteiger partial charge in [-0.2, -0.15) is 0 Å². The van der Waals surface area contributed by atoms with Crippen LogP contribution in [0.5, 0.6) is 0 Å². The normalized spacial score (nSPS) is 55.0. The molecule has 0 N–H and O–H groups in total. The van der Waals surface area contributed by atoms with Crippen LogP contribution in [0.15, 0.2) is 0 Å². The molecule has 0 spiro atoms. The van der Waals surface area contributed by atoms with Crippen molar-refractivity contribution in [1.29, 1.82) is 0 Å². The van der Waals surface area contributed by atoms with Gasteiger partial charge in [0.15, 0.2) is 0 Å². The molecule has 7 unspecified atom stereocenters. The summed E-state index contributed by atoms with van der Waals surface area (Å²) in [4.78, 5) is 12.8. The number of rotatable bonds is 0. The van der Waals surface area contributed by atoms with Crippen molar-refractivity contribution < 1.29 is 4.79 Å². The average molecular weight is 381 g/mol. The Bertz CT molecular complexity index is 526. The number of Topliss-reactive ketones (excluding diaryl/α,β-unsaturated/α-hetero) is 1. The minimum atomic E-state index is 0.0601. The van der Waals surface area contributed by atoms with Crippen molar-refractivity contribution in [3.05, 3.63) is 0 Å². The third-order valence-electron chi connectivity index (χ3n) is 9.04. The smallest absolute Gasteiger partial charge is 0.147 e. The highest BCUT2D eigenvalue weighted by molar-refractivity contribution is 9.10. The Morgan fingerprint density at radius 3 is 2.43 bits per heavy atom. The molecule has 0 aromatic rings. The lowest BCUT2D eigenvalue weighted by molar-refractivity contribution is -0.156. The molecular weight excluding hydrogens is 348 g/mol. The van der Waals surface area contributed by atoms with Gasteiger partial charge in [0.2, 0.25) is 0 Å². The number of alkyl halides is 1. The summed E-state index contributed by atoms with van der Waals surface area (Å²) in [7, 11) is 0. The third kappa shape index (κ3) is 2.12. The number of hydrogen-bond donors (Lipinski definition) is 0. The maximum absolute atomic E-state index is 12.8. The van der Waals surface area contributed by atoms with Gasteiger partial charge in [0.05, 0.1) is 4.83 Å². The first kappa shape index (κ1) is 16.6. The van der Waals surface area contributed by atoms with Crippen molar-refractivity contribution in [3.63, 3.8) is 0 Å². The van der Waals surface area contributed by atoms with E-state index in [4.69, 9.17) is 0 Å². The number of carbonyl (C=O) groups is 1. The molecule has 1 nitrogen and oxygen atoms in total. The Labute approximate surface area is 150 Å². The minimum absolute atomic E-state index is 0.0601.